The molecule has 0 amide bonds. The summed E-state index contributed by atoms with van der Waals surface area (Å²) in [5.41, 5.74) is -0.539. The van der Waals surface area contributed by atoms with Crippen molar-refractivity contribution in [3.05, 3.63) is 0 Å². The van der Waals surface area contributed by atoms with Crippen LogP contribution in [0.5, 0.6) is 0 Å². The molecule has 0 aromatic rings. The molecule has 2 atom stereocenters. The molecule has 2 bridgehead atoms. The molecule has 2 rings (SSSR count). The molecule has 2 aliphatic heterocycles. The minimum absolute atomic E-state index is 0.486. The van der Waals surface area contributed by atoms with Gasteiger partial charge in [0.05, 0.1) is 0 Å². The van der Waals surface area contributed by atoms with Crippen LogP contribution in [0.3, 0.4) is 0 Å². The van der Waals surface area contributed by atoms with Gasteiger partial charge in [-0.05, 0) is 32.1 Å². The van der Waals surface area contributed by atoms with E-state index in [-0.39, 0.29) is 0 Å². The summed E-state index contributed by atoms with van der Waals surface area (Å²) < 4.78 is 0. The van der Waals surface area contributed by atoms with Gasteiger partial charge in [0, 0.05) is 6.04 Å². The van der Waals surface area contributed by atoms with Crippen LogP contribution >= 0.6 is 0 Å². The molecule has 1 unspecified atom stereocenters. The second-order valence-electron chi connectivity index (χ2n) is 3.66. The zero-order valence-electron chi connectivity index (χ0n) is 6.47. The molecule has 0 aromatic carbocycles. The largest absolute Gasteiger partial charge is 0.480 e. The van der Waals surface area contributed by atoms with E-state index < -0.39 is 11.5 Å². The van der Waals surface area contributed by atoms with Gasteiger partial charge in [-0.3, -0.25) is 10.1 Å². The third kappa shape index (κ3) is 0.948. The van der Waals surface area contributed by atoms with Gasteiger partial charge in [-0.2, -0.15) is 0 Å². The van der Waals surface area contributed by atoms with Gasteiger partial charge < -0.3 is 5.11 Å². The average molecular weight is 155 g/mol. The Labute approximate surface area is 65.8 Å². The first-order valence-electron chi connectivity index (χ1n) is 4.24. The van der Waals surface area contributed by atoms with Crippen LogP contribution in [0.1, 0.15) is 32.1 Å². The summed E-state index contributed by atoms with van der Waals surface area (Å²) in [6, 6.07) is 0.486. The standard InChI is InChI=1S/C8H13NO2/c10-7(11)8-4-1-2-6(9-8)3-5-8/h6,9H,1-5H2,(H,10,11)/t6-,8?/m0/s1. The van der Waals surface area contributed by atoms with E-state index >= 15 is 0 Å². The van der Waals surface area contributed by atoms with E-state index in [1.54, 1.807) is 0 Å². The molecule has 2 fully saturated rings. The Balaban J connectivity index is 2.19. The van der Waals surface area contributed by atoms with Crippen LogP contribution in [0.15, 0.2) is 0 Å². The van der Waals surface area contributed by atoms with Crippen molar-refractivity contribution in [3.63, 3.8) is 0 Å². The summed E-state index contributed by atoms with van der Waals surface area (Å²) in [6.07, 6.45) is 4.93. The van der Waals surface area contributed by atoms with E-state index in [1.807, 2.05) is 0 Å². The number of carbonyl (C=O) groups is 1. The van der Waals surface area contributed by atoms with Gasteiger partial charge in [-0.15, -0.1) is 0 Å². The highest BCUT2D eigenvalue weighted by Gasteiger charge is 2.46. The first-order valence-corrected chi connectivity index (χ1v) is 4.24. The van der Waals surface area contributed by atoms with Gasteiger partial charge in [-0.25, -0.2) is 0 Å². The van der Waals surface area contributed by atoms with Gasteiger partial charge in [0.2, 0.25) is 0 Å². The fraction of sp³-hybridized carbons (Fsp3) is 0.875. The Morgan fingerprint density at radius 3 is 2.91 bits per heavy atom. The van der Waals surface area contributed by atoms with Crippen molar-refractivity contribution in [3.8, 4) is 0 Å². The molecule has 0 spiro atoms. The number of hydrogen-bond acceptors (Lipinski definition) is 2. The maximum atomic E-state index is 10.9. The summed E-state index contributed by atoms with van der Waals surface area (Å²) in [5, 5.41) is 12.2. The average Bonchev–Trinajstić information content (AvgIpc) is 2.29. The van der Waals surface area contributed by atoms with Crippen LogP contribution in [0.2, 0.25) is 0 Å². The molecular formula is C8H13NO2. The Kier molecular flexibility index (Phi) is 1.42. The van der Waals surface area contributed by atoms with Gasteiger partial charge in [0.1, 0.15) is 5.54 Å². The summed E-state index contributed by atoms with van der Waals surface area (Å²) in [5.74, 6) is -0.653. The minimum Gasteiger partial charge on any atom is -0.480 e. The van der Waals surface area contributed by atoms with Gasteiger partial charge >= 0.3 is 5.97 Å². The maximum Gasteiger partial charge on any atom is 0.323 e. The summed E-state index contributed by atoms with van der Waals surface area (Å²) >= 11 is 0. The number of piperidine rings is 1. The molecule has 2 N–H and O–H groups in total. The van der Waals surface area contributed by atoms with E-state index in [0.29, 0.717) is 6.04 Å². The smallest absolute Gasteiger partial charge is 0.323 e. The summed E-state index contributed by atoms with van der Waals surface area (Å²) in [6.45, 7) is 0. The molecule has 0 saturated carbocycles. The number of carboxylic acids is 1. The lowest BCUT2D eigenvalue weighted by atomic mass is 9.91. The number of rotatable bonds is 1. The lowest BCUT2D eigenvalue weighted by Gasteiger charge is -2.30. The second-order valence-corrected chi connectivity index (χ2v) is 3.66. The van der Waals surface area contributed by atoms with Crippen LogP contribution in [0.25, 0.3) is 0 Å². The normalized spacial score (nSPS) is 42.4. The molecule has 2 heterocycles. The topological polar surface area (TPSA) is 49.3 Å². The van der Waals surface area contributed by atoms with Crippen LogP contribution in [-0.2, 0) is 4.79 Å². The predicted octanol–water partition coefficient (Wildman–Crippen LogP) is 0.746. The van der Waals surface area contributed by atoms with Crippen LogP contribution in [0, 0.1) is 0 Å². The Morgan fingerprint density at radius 2 is 2.27 bits per heavy atom. The molecule has 62 valence electrons. The quantitative estimate of drug-likeness (QED) is 0.587. The number of fused-ring (bicyclic) bond motifs is 2. The molecule has 11 heavy (non-hydrogen) atoms. The highest BCUT2D eigenvalue weighted by Crippen LogP contribution is 2.35. The first kappa shape index (κ1) is 7.10. The van der Waals surface area contributed by atoms with Crippen molar-refractivity contribution < 1.29 is 9.90 Å². The predicted molar refractivity (Wildman–Crippen MR) is 40.4 cm³/mol. The van der Waals surface area contributed by atoms with Crippen LogP contribution in [-0.4, -0.2) is 22.7 Å². The monoisotopic (exact) mass is 155 g/mol. The van der Waals surface area contributed by atoms with Gasteiger partial charge in [0.25, 0.3) is 0 Å². The highest BCUT2D eigenvalue weighted by molar-refractivity contribution is 5.79. The molecule has 2 aliphatic rings. The van der Waals surface area contributed by atoms with Crippen LogP contribution < -0.4 is 5.32 Å². The third-order valence-electron chi connectivity index (χ3n) is 2.97. The summed E-state index contributed by atoms with van der Waals surface area (Å²) in [4.78, 5) is 10.9. The number of carboxylic acid groups (broad SMARTS) is 1. The van der Waals surface area contributed by atoms with Crippen molar-refractivity contribution in [2.45, 2.75) is 43.7 Å². The van der Waals surface area contributed by atoms with Gasteiger partial charge in [0.15, 0.2) is 0 Å². The first-order chi connectivity index (χ1) is 5.23. The highest BCUT2D eigenvalue weighted by atomic mass is 16.4. The second kappa shape index (κ2) is 2.21. The fourth-order valence-electron chi connectivity index (χ4n) is 2.30. The molecule has 0 radical (unpaired) electrons. The van der Waals surface area contributed by atoms with Crippen molar-refractivity contribution in [2.75, 3.05) is 0 Å². The van der Waals surface area contributed by atoms with E-state index in [0.717, 1.165) is 32.1 Å². The van der Waals surface area contributed by atoms with E-state index in [1.165, 1.54) is 0 Å². The van der Waals surface area contributed by atoms with Crippen molar-refractivity contribution in [1.29, 1.82) is 0 Å². The van der Waals surface area contributed by atoms with Crippen molar-refractivity contribution >= 4 is 5.97 Å². The van der Waals surface area contributed by atoms with Crippen molar-refractivity contribution in [2.24, 2.45) is 0 Å². The number of nitrogens with one attached hydrogen (secondary N) is 1. The van der Waals surface area contributed by atoms with E-state index in [4.69, 9.17) is 5.11 Å². The lowest BCUT2D eigenvalue weighted by Crippen LogP contribution is -2.52. The van der Waals surface area contributed by atoms with E-state index in [9.17, 15) is 4.79 Å². The molecule has 3 heteroatoms. The molecular weight excluding hydrogens is 142 g/mol. The van der Waals surface area contributed by atoms with Gasteiger partial charge in [-0.1, -0.05) is 0 Å². The zero-order valence-corrected chi connectivity index (χ0v) is 6.47. The SMILES string of the molecule is O=C(O)C12CCC[C@@H](CC1)N2. The Morgan fingerprint density at radius 1 is 1.45 bits per heavy atom. The van der Waals surface area contributed by atoms with E-state index in [2.05, 4.69) is 5.32 Å². The Hall–Kier alpha value is -0.570. The minimum atomic E-state index is -0.653. The molecule has 3 nitrogen and oxygen atoms in total. The molecule has 2 saturated heterocycles. The molecule has 0 aromatic heterocycles. The van der Waals surface area contributed by atoms with Crippen molar-refractivity contribution in [1.82, 2.24) is 5.32 Å². The number of aliphatic carboxylic acids is 1. The zero-order chi connectivity index (χ0) is 7.90. The maximum absolute atomic E-state index is 10.9. The Bertz CT molecular complexity index is 189. The lowest BCUT2D eigenvalue weighted by molar-refractivity contribution is -0.145. The van der Waals surface area contributed by atoms with Crippen LogP contribution in [0.4, 0.5) is 0 Å². The fourth-order valence-corrected chi connectivity index (χ4v) is 2.30. The summed E-state index contributed by atoms with van der Waals surface area (Å²) in [7, 11) is 0. The number of hydrogen-bond donors (Lipinski definition) is 2. The third-order valence-corrected chi connectivity index (χ3v) is 2.97. The molecule has 0 aliphatic carbocycles.